The number of anilines is 1. The molecule has 4 nitrogen and oxygen atoms in total. The van der Waals surface area contributed by atoms with Crippen LogP contribution in [-0.2, 0) is 0 Å². The van der Waals surface area contributed by atoms with Gasteiger partial charge in [-0.2, -0.15) is 0 Å². The largest absolute Gasteiger partial charge is 0.380 e. The third-order valence-electron chi connectivity index (χ3n) is 3.17. The van der Waals surface area contributed by atoms with Crippen molar-refractivity contribution in [1.82, 2.24) is 10.1 Å². The molecular formula is C16H15N3O. The Kier molecular flexibility index (Phi) is 2.99. The molecule has 20 heavy (non-hydrogen) atoms. The maximum Gasteiger partial charge on any atom is 0.176 e. The van der Waals surface area contributed by atoms with E-state index in [1.807, 2.05) is 12.1 Å². The van der Waals surface area contributed by atoms with Crippen LogP contribution in [0.5, 0.6) is 0 Å². The van der Waals surface area contributed by atoms with Crippen molar-refractivity contribution in [3.05, 3.63) is 53.9 Å². The first-order valence-electron chi connectivity index (χ1n) is 6.39. The van der Waals surface area contributed by atoms with Gasteiger partial charge < -0.3 is 10.3 Å². The quantitative estimate of drug-likeness (QED) is 0.768. The molecule has 0 aliphatic carbocycles. The lowest BCUT2D eigenvalue weighted by molar-refractivity contribution is 0.436. The molecule has 2 heterocycles. The Balaban J connectivity index is 2.21. The van der Waals surface area contributed by atoms with E-state index in [2.05, 4.69) is 42.2 Å². The van der Waals surface area contributed by atoms with Gasteiger partial charge in [-0.05, 0) is 43.7 Å². The summed E-state index contributed by atoms with van der Waals surface area (Å²) in [6, 6.07) is 10.1. The Hall–Kier alpha value is -2.62. The number of aromatic nitrogens is 2. The monoisotopic (exact) mass is 265 g/mol. The van der Waals surface area contributed by atoms with Crippen LogP contribution in [0.3, 0.4) is 0 Å². The van der Waals surface area contributed by atoms with Crippen molar-refractivity contribution in [1.29, 1.82) is 0 Å². The summed E-state index contributed by atoms with van der Waals surface area (Å²) < 4.78 is 5.45. The lowest BCUT2D eigenvalue weighted by Gasteiger charge is -2.05. The minimum atomic E-state index is 0.394. The van der Waals surface area contributed by atoms with E-state index in [0.717, 1.165) is 16.7 Å². The van der Waals surface area contributed by atoms with Gasteiger partial charge in [0.05, 0.1) is 5.56 Å². The Morgan fingerprint density at radius 2 is 1.60 bits per heavy atom. The average molecular weight is 265 g/mol. The van der Waals surface area contributed by atoms with Crippen LogP contribution in [-0.4, -0.2) is 10.1 Å². The number of hydrogen-bond donors (Lipinski definition) is 1. The van der Waals surface area contributed by atoms with Gasteiger partial charge in [-0.15, -0.1) is 0 Å². The molecular weight excluding hydrogens is 250 g/mol. The second kappa shape index (κ2) is 4.81. The zero-order chi connectivity index (χ0) is 14.1. The minimum Gasteiger partial charge on any atom is -0.380 e. The van der Waals surface area contributed by atoms with Gasteiger partial charge in [-0.3, -0.25) is 4.98 Å². The highest BCUT2D eigenvalue weighted by Gasteiger charge is 2.17. The smallest absolute Gasteiger partial charge is 0.176 e. The molecule has 3 rings (SSSR count). The summed E-state index contributed by atoms with van der Waals surface area (Å²) in [5, 5.41) is 3.91. The van der Waals surface area contributed by atoms with Crippen LogP contribution in [0.4, 0.5) is 5.82 Å². The average Bonchev–Trinajstić information content (AvgIpc) is 2.80. The number of hydrogen-bond acceptors (Lipinski definition) is 4. The number of nitrogens with zero attached hydrogens (tertiary/aromatic N) is 2. The zero-order valence-corrected chi connectivity index (χ0v) is 11.4. The maximum atomic E-state index is 5.96. The summed E-state index contributed by atoms with van der Waals surface area (Å²) in [6.07, 6.45) is 3.46. The number of benzene rings is 1. The Labute approximate surface area is 117 Å². The van der Waals surface area contributed by atoms with E-state index in [4.69, 9.17) is 10.3 Å². The normalized spacial score (nSPS) is 10.7. The van der Waals surface area contributed by atoms with Gasteiger partial charge in [-0.1, -0.05) is 22.3 Å². The molecule has 1 aromatic carbocycles. The first-order chi connectivity index (χ1) is 9.65. The number of aryl methyl sites for hydroxylation is 2. The molecule has 0 atom stereocenters. The molecule has 0 aliphatic heterocycles. The van der Waals surface area contributed by atoms with E-state index in [1.165, 1.54) is 11.1 Å². The van der Waals surface area contributed by atoms with E-state index in [1.54, 1.807) is 12.4 Å². The molecule has 2 aromatic heterocycles. The second-order valence-corrected chi connectivity index (χ2v) is 4.88. The molecule has 0 bridgehead atoms. The number of rotatable bonds is 2. The third-order valence-corrected chi connectivity index (χ3v) is 3.17. The SMILES string of the molecule is Cc1cc(C)cc(-c2onc(N)c2-c2ccncc2)c1. The molecule has 0 amide bonds. The van der Waals surface area contributed by atoms with E-state index >= 15 is 0 Å². The molecule has 0 unspecified atom stereocenters. The fourth-order valence-electron chi connectivity index (χ4n) is 2.40. The first-order valence-corrected chi connectivity index (χ1v) is 6.39. The summed E-state index contributed by atoms with van der Waals surface area (Å²) in [6.45, 7) is 4.12. The van der Waals surface area contributed by atoms with Crippen LogP contribution in [0.1, 0.15) is 11.1 Å². The molecule has 2 N–H and O–H groups in total. The molecule has 3 aromatic rings. The summed E-state index contributed by atoms with van der Waals surface area (Å²) >= 11 is 0. The Morgan fingerprint density at radius 1 is 0.950 bits per heavy atom. The van der Waals surface area contributed by atoms with Crippen molar-refractivity contribution in [2.24, 2.45) is 0 Å². The molecule has 0 aliphatic rings. The number of nitrogen functional groups attached to an aromatic ring is 1. The summed E-state index contributed by atoms with van der Waals surface area (Å²) in [5.74, 6) is 1.09. The molecule has 0 spiro atoms. The maximum absolute atomic E-state index is 5.96. The van der Waals surface area contributed by atoms with Crippen LogP contribution < -0.4 is 5.73 Å². The topological polar surface area (TPSA) is 64.9 Å². The minimum absolute atomic E-state index is 0.394. The van der Waals surface area contributed by atoms with Crippen molar-refractivity contribution in [3.63, 3.8) is 0 Å². The standard InChI is InChI=1S/C16H15N3O/c1-10-7-11(2)9-13(8-10)15-14(16(17)19-20-15)12-3-5-18-6-4-12/h3-9H,1-2H3,(H2,17,19). The predicted octanol–water partition coefficient (Wildman–Crippen LogP) is 3.60. The zero-order valence-electron chi connectivity index (χ0n) is 11.4. The van der Waals surface area contributed by atoms with Crippen LogP contribution in [0.25, 0.3) is 22.5 Å². The fourth-order valence-corrected chi connectivity index (χ4v) is 2.40. The van der Waals surface area contributed by atoms with E-state index in [9.17, 15) is 0 Å². The van der Waals surface area contributed by atoms with Crippen LogP contribution in [0, 0.1) is 13.8 Å². The molecule has 0 saturated carbocycles. The lowest BCUT2D eigenvalue weighted by atomic mass is 9.99. The van der Waals surface area contributed by atoms with Crippen LogP contribution in [0.2, 0.25) is 0 Å². The van der Waals surface area contributed by atoms with Crippen LogP contribution in [0.15, 0.2) is 47.2 Å². The highest BCUT2D eigenvalue weighted by Crippen LogP contribution is 2.36. The van der Waals surface area contributed by atoms with Gasteiger partial charge in [0.25, 0.3) is 0 Å². The van der Waals surface area contributed by atoms with Gasteiger partial charge in [0.2, 0.25) is 0 Å². The van der Waals surface area contributed by atoms with Crippen molar-refractivity contribution in [2.75, 3.05) is 5.73 Å². The van der Waals surface area contributed by atoms with Gasteiger partial charge in [0.15, 0.2) is 11.6 Å². The van der Waals surface area contributed by atoms with Gasteiger partial charge in [0.1, 0.15) is 0 Å². The van der Waals surface area contributed by atoms with Crippen LogP contribution >= 0.6 is 0 Å². The third kappa shape index (κ3) is 2.16. The Bertz CT molecular complexity index is 727. The summed E-state index contributed by atoms with van der Waals surface area (Å²) in [4.78, 5) is 4.02. The fraction of sp³-hybridized carbons (Fsp3) is 0.125. The summed E-state index contributed by atoms with van der Waals surface area (Å²) in [5.41, 5.74) is 11.1. The van der Waals surface area contributed by atoms with Crippen molar-refractivity contribution >= 4 is 5.82 Å². The van der Waals surface area contributed by atoms with Gasteiger partial charge in [-0.25, -0.2) is 0 Å². The predicted molar refractivity (Wildman–Crippen MR) is 79.1 cm³/mol. The molecule has 0 radical (unpaired) electrons. The van der Waals surface area contributed by atoms with Gasteiger partial charge in [0, 0.05) is 18.0 Å². The first kappa shape index (κ1) is 12.4. The van der Waals surface area contributed by atoms with E-state index in [-0.39, 0.29) is 0 Å². The Morgan fingerprint density at radius 3 is 2.25 bits per heavy atom. The summed E-state index contributed by atoms with van der Waals surface area (Å²) in [7, 11) is 0. The van der Waals surface area contributed by atoms with Gasteiger partial charge >= 0.3 is 0 Å². The molecule has 4 heteroatoms. The number of nitrogens with two attached hydrogens (primary N) is 1. The van der Waals surface area contributed by atoms with E-state index in [0.29, 0.717) is 11.6 Å². The molecule has 0 saturated heterocycles. The number of pyridine rings is 1. The molecule has 0 fully saturated rings. The van der Waals surface area contributed by atoms with Crippen molar-refractivity contribution < 1.29 is 4.52 Å². The van der Waals surface area contributed by atoms with Crippen molar-refractivity contribution in [3.8, 4) is 22.5 Å². The highest BCUT2D eigenvalue weighted by atomic mass is 16.5. The second-order valence-electron chi connectivity index (χ2n) is 4.88. The lowest BCUT2D eigenvalue weighted by Crippen LogP contribution is -1.89. The van der Waals surface area contributed by atoms with E-state index < -0.39 is 0 Å². The highest BCUT2D eigenvalue weighted by molar-refractivity contribution is 5.86. The van der Waals surface area contributed by atoms with Crippen molar-refractivity contribution in [2.45, 2.75) is 13.8 Å². The molecule has 100 valence electrons.